The predicted molar refractivity (Wildman–Crippen MR) is 161 cm³/mol. The minimum Gasteiger partial charge on any atom is -0.550 e. The van der Waals surface area contributed by atoms with E-state index in [1.165, 1.54) is 70.6 Å². The van der Waals surface area contributed by atoms with E-state index in [1.54, 1.807) is 6.92 Å². The highest BCUT2D eigenvalue weighted by molar-refractivity contribution is 5.70. The molecule has 0 aliphatic carbocycles. The van der Waals surface area contributed by atoms with Gasteiger partial charge in [0.25, 0.3) is 0 Å². The van der Waals surface area contributed by atoms with Crippen molar-refractivity contribution in [3.63, 3.8) is 0 Å². The van der Waals surface area contributed by atoms with E-state index in [0.29, 0.717) is 32.2 Å². The van der Waals surface area contributed by atoms with Crippen LogP contribution in [-0.2, 0) is 14.4 Å². The van der Waals surface area contributed by atoms with Crippen LogP contribution in [0.4, 0.5) is 0 Å². The highest BCUT2D eigenvalue weighted by Crippen LogP contribution is 2.24. The Kier molecular flexibility index (Phi) is 22.7. The van der Waals surface area contributed by atoms with E-state index >= 15 is 0 Å². The smallest absolute Gasteiger partial charge is 0.312 e. The minimum atomic E-state index is -1.15. The quantitative estimate of drug-likeness (QED) is 0.0608. The van der Waals surface area contributed by atoms with Gasteiger partial charge in [0.15, 0.2) is 0 Å². The molecule has 3 atom stereocenters. The number of unbranched alkanes of at least 4 members (excludes halogenated alkanes) is 12. The van der Waals surface area contributed by atoms with Crippen molar-refractivity contribution in [1.82, 2.24) is 0 Å². The number of carbonyl (C=O) groups is 3. The lowest BCUT2D eigenvalue weighted by Crippen LogP contribution is -2.59. The Morgan fingerprint density at radius 3 is 1.35 bits per heavy atom. The van der Waals surface area contributed by atoms with Gasteiger partial charge in [-0.3, -0.25) is 9.59 Å². The topological polar surface area (TPSA) is 115 Å². The van der Waals surface area contributed by atoms with Gasteiger partial charge < -0.3 is 24.6 Å². The van der Waals surface area contributed by atoms with Gasteiger partial charge in [-0.15, -0.1) is 0 Å². The summed E-state index contributed by atoms with van der Waals surface area (Å²) >= 11 is 0. The third-order valence-corrected chi connectivity index (χ3v) is 8.49. The molecule has 0 fully saturated rings. The van der Waals surface area contributed by atoms with Crippen molar-refractivity contribution < 1.29 is 34.2 Å². The molecule has 0 rings (SSSR count). The minimum absolute atomic E-state index is 0.172. The van der Waals surface area contributed by atoms with Crippen molar-refractivity contribution >= 4 is 17.9 Å². The fourth-order valence-electron chi connectivity index (χ4n) is 5.72. The van der Waals surface area contributed by atoms with Crippen LogP contribution in [0.2, 0.25) is 0 Å². The SMILES string of the molecule is CCCCCCCCCCCCCC/C=C/CC[N+](CC(CC)C(=O)[O-])(CC(CC)C(=O)O)CC(CC)C(=O)O. The first-order valence-corrected chi connectivity index (χ1v) is 16.3. The van der Waals surface area contributed by atoms with Crippen molar-refractivity contribution in [1.29, 1.82) is 0 Å². The number of quaternary nitrogens is 1. The van der Waals surface area contributed by atoms with Crippen LogP contribution >= 0.6 is 0 Å². The largest absolute Gasteiger partial charge is 0.550 e. The number of nitrogens with zero attached hydrogens (tertiary/aromatic N) is 1. The third-order valence-electron chi connectivity index (χ3n) is 8.49. The first kappa shape index (κ1) is 38.1. The van der Waals surface area contributed by atoms with Gasteiger partial charge in [0.1, 0.15) is 11.8 Å². The Morgan fingerprint density at radius 1 is 0.600 bits per heavy atom. The zero-order valence-corrected chi connectivity index (χ0v) is 26.2. The first-order valence-electron chi connectivity index (χ1n) is 16.3. The third kappa shape index (κ3) is 17.7. The van der Waals surface area contributed by atoms with Crippen LogP contribution in [0.25, 0.3) is 0 Å². The number of rotatable bonds is 28. The van der Waals surface area contributed by atoms with Crippen LogP contribution in [0, 0.1) is 17.8 Å². The Balaban J connectivity index is 4.95. The summed E-state index contributed by atoms with van der Waals surface area (Å²) in [5.74, 6) is -5.05. The normalized spacial score (nSPS) is 15.5. The van der Waals surface area contributed by atoms with Crippen molar-refractivity contribution in [2.45, 2.75) is 137 Å². The molecule has 0 aliphatic heterocycles. The van der Waals surface area contributed by atoms with Crippen LogP contribution in [0.5, 0.6) is 0 Å². The second kappa shape index (κ2) is 23.8. The summed E-state index contributed by atoms with van der Waals surface area (Å²) in [5.41, 5.74) is 0. The predicted octanol–water partition coefficient (Wildman–Crippen LogP) is 6.84. The lowest BCUT2D eigenvalue weighted by atomic mass is 9.96. The number of hydrogen-bond donors (Lipinski definition) is 2. The van der Waals surface area contributed by atoms with Crippen molar-refractivity contribution in [2.75, 3.05) is 26.2 Å². The molecule has 7 nitrogen and oxygen atoms in total. The van der Waals surface area contributed by atoms with Gasteiger partial charge >= 0.3 is 11.9 Å². The maximum absolute atomic E-state index is 11.9. The number of allylic oxidation sites excluding steroid dienone is 1. The number of carbonyl (C=O) groups excluding carboxylic acids is 1. The van der Waals surface area contributed by atoms with Gasteiger partial charge in [-0.25, -0.2) is 0 Å². The van der Waals surface area contributed by atoms with E-state index in [-0.39, 0.29) is 24.1 Å². The molecule has 0 aliphatic rings. The van der Waals surface area contributed by atoms with Gasteiger partial charge in [-0.1, -0.05) is 110 Å². The average Bonchev–Trinajstić information content (AvgIpc) is 2.92. The number of carboxylic acid groups (broad SMARTS) is 3. The lowest BCUT2D eigenvalue weighted by molar-refractivity contribution is -0.934. The van der Waals surface area contributed by atoms with Crippen LogP contribution in [0.3, 0.4) is 0 Å². The van der Waals surface area contributed by atoms with Gasteiger partial charge in [-0.2, -0.15) is 0 Å². The molecule has 7 heteroatoms. The molecule has 0 saturated carbocycles. The summed E-state index contributed by atoms with van der Waals surface area (Å²) in [4.78, 5) is 35.7. The van der Waals surface area contributed by atoms with E-state index in [0.717, 1.165) is 12.8 Å². The van der Waals surface area contributed by atoms with Gasteiger partial charge in [0.2, 0.25) is 0 Å². The van der Waals surface area contributed by atoms with Crippen LogP contribution in [0.15, 0.2) is 12.2 Å². The Bertz CT molecular complexity index is 647. The number of carboxylic acids is 3. The lowest BCUT2D eigenvalue weighted by Gasteiger charge is -2.44. The van der Waals surface area contributed by atoms with Crippen molar-refractivity contribution in [3.05, 3.63) is 12.2 Å². The van der Waals surface area contributed by atoms with Gasteiger partial charge in [0.05, 0.1) is 32.1 Å². The number of aliphatic carboxylic acids is 3. The fourth-order valence-corrected chi connectivity index (χ4v) is 5.72. The highest BCUT2D eigenvalue weighted by atomic mass is 16.4. The summed E-state index contributed by atoms with van der Waals surface area (Å²) in [6.07, 6.45) is 22.9. The van der Waals surface area contributed by atoms with E-state index in [4.69, 9.17) is 0 Å². The summed E-state index contributed by atoms with van der Waals surface area (Å²) in [6.45, 7) is 8.83. The molecule has 0 aromatic rings. The summed E-state index contributed by atoms with van der Waals surface area (Å²) in [7, 11) is 0. The molecule has 0 saturated heterocycles. The maximum Gasteiger partial charge on any atom is 0.312 e. The van der Waals surface area contributed by atoms with Crippen molar-refractivity contribution in [2.24, 2.45) is 17.8 Å². The molecule has 0 aromatic heterocycles. The molecule has 40 heavy (non-hydrogen) atoms. The average molecular weight is 568 g/mol. The Morgan fingerprint density at radius 2 is 0.975 bits per heavy atom. The van der Waals surface area contributed by atoms with E-state index < -0.39 is 35.7 Å². The highest BCUT2D eigenvalue weighted by Gasteiger charge is 2.38. The van der Waals surface area contributed by atoms with Gasteiger partial charge in [0, 0.05) is 12.3 Å². The molecular weight excluding hydrogens is 506 g/mol. The number of hydrogen-bond acceptors (Lipinski definition) is 4. The van der Waals surface area contributed by atoms with E-state index in [2.05, 4.69) is 19.1 Å². The van der Waals surface area contributed by atoms with Gasteiger partial charge in [-0.05, 0) is 32.1 Å². The standard InChI is InChI=1S/C33H61NO6/c1-5-9-10-11-12-13-14-15-16-17-18-19-20-21-22-23-24-34(25-28(6-2)31(35)36,26-29(7-3)32(37)38)27-30(8-4)33(39)40/h21-22,28-30H,5-20,23-27H2,1-4H3,(H2-,35,36,37,38,39,40)/b22-21+. The zero-order chi connectivity index (χ0) is 30.2. The summed E-state index contributed by atoms with van der Waals surface area (Å²) in [6, 6.07) is 0. The Labute approximate surface area is 245 Å². The first-order chi connectivity index (χ1) is 19.2. The van der Waals surface area contributed by atoms with Crippen LogP contribution in [0.1, 0.15) is 137 Å². The molecule has 234 valence electrons. The Hall–Kier alpha value is -1.89. The second-order valence-electron chi connectivity index (χ2n) is 11.9. The molecule has 0 heterocycles. The van der Waals surface area contributed by atoms with Crippen LogP contribution < -0.4 is 5.11 Å². The van der Waals surface area contributed by atoms with E-state index in [1.807, 2.05) is 13.8 Å². The molecule has 0 spiro atoms. The van der Waals surface area contributed by atoms with Crippen LogP contribution in [-0.4, -0.2) is 58.8 Å². The molecule has 0 bridgehead atoms. The zero-order valence-electron chi connectivity index (χ0n) is 26.2. The monoisotopic (exact) mass is 567 g/mol. The maximum atomic E-state index is 11.9. The van der Waals surface area contributed by atoms with E-state index in [9.17, 15) is 29.7 Å². The molecular formula is C33H61NO6. The molecule has 0 aromatic carbocycles. The summed E-state index contributed by atoms with van der Waals surface area (Å²) in [5, 5.41) is 31.4. The van der Waals surface area contributed by atoms with Crippen molar-refractivity contribution in [3.8, 4) is 0 Å². The molecule has 3 unspecified atom stereocenters. The second-order valence-corrected chi connectivity index (χ2v) is 11.9. The fraction of sp³-hybridized carbons (Fsp3) is 0.848. The molecule has 2 N–H and O–H groups in total. The molecule has 0 amide bonds. The summed E-state index contributed by atoms with van der Waals surface area (Å²) < 4.78 is 0.172. The molecule has 0 radical (unpaired) electrons.